The lowest BCUT2D eigenvalue weighted by atomic mass is 9.96. The summed E-state index contributed by atoms with van der Waals surface area (Å²) in [5, 5.41) is 17.3. The fraction of sp³-hybridized carbons (Fsp3) is 0.478. The summed E-state index contributed by atoms with van der Waals surface area (Å²) in [5.41, 5.74) is 2.15. The second-order valence-corrected chi connectivity index (χ2v) is 11.6. The second-order valence-electron chi connectivity index (χ2n) is 9.43. The molecule has 192 valence electrons. The number of fused-ring (bicyclic) bond motifs is 1. The summed E-state index contributed by atoms with van der Waals surface area (Å²) in [6.45, 7) is 3.19. The molecular weight excluding hydrogens is 504 g/mol. The molecule has 2 aliphatic rings. The van der Waals surface area contributed by atoms with E-state index < -0.39 is 16.4 Å². The SMILES string of the molecule is NS(=O)(=O)OC[C@H]1C[C@@H](Cc2ncncc2C(=O)c2cc(CN3CCn4ccnc4C3)cs2)C[C@@H]1O. The highest BCUT2D eigenvalue weighted by Gasteiger charge is 2.35. The van der Waals surface area contributed by atoms with Gasteiger partial charge in [0, 0.05) is 44.1 Å². The minimum Gasteiger partial charge on any atom is -0.393 e. The van der Waals surface area contributed by atoms with E-state index in [-0.39, 0.29) is 24.2 Å². The van der Waals surface area contributed by atoms with Crippen molar-refractivity contribution in [2.75, 3.05) is 13.2 Å². The van der Waals surface area contributed by atoms with Gasteiger partial charge in [0.25, 0.3) is 0 Å². The van der Waals surface area contributed by atoms with Crippen LogP contribution in [0.4, 0.5) is 0 Å². The van der Waals surface area contributed by atoms with E-state index in [1.807, 2.05) is 23.8 Å². The minimum atomic E-state index is -4.06. The molecular formula is C23H28N6O5S2. The summed E-state index contributed by atoms with van der Waals surface area (Å²) in [6, 6.07) is 1.94. The van der Waals surface area contributed by atoms with Gasteiger partial charge < -0.3 is 9.67 Å². The van der Waals surface area contributed by atoms with Crippen LogP contribution < -0.4 is 5.14 Å². The molecule has 3 aromatic rings. The average Bonchev–Trinajstić information content (AvgIpc) is 3.57. The average molecular weight is 533 g/mol. The Labute approximate surface area is 213 Å². The van der Waals surface area contributed by atoms with Crippen LogP contribution in [0.15, 0.2) is 36.4 Å². The third-order valence-corrected chi connectivity index (χ3v) is 8.27. The molecule has 0 saturated heterocycles. The lowest BCUT2D eigenvalue weighted by molar-refractivity contribution is 0.100. The highest BCUT2D eigenvalue weighted by molar-refractivity contribution is 7.84. The standard InChI is InChI=1S/C23H28N6O5S2/c24-36(32,33)34-12-17-5-15(7-20(17)30)6-19-18(9-25-14-27-19)23(31)21-8-16(13-35-21)10-28-3-4-29-2-1-26-22(29)11-28/h1-2,8-9,13-15,17,20,30H,3-7,10-12H2,(H2,24,32,33)/t15-,17+,20-/m0/s1. The molecule has 3 atom stereocenters. The molecule has 13 heteroatoms. The Kier molecular flexibility index (Phi) is 7.28. The topological polar surface area (TPSA) is 154 Å². The molecule has 11 nitrogen and oxygen atoms in total. The molecule has 1 aliphatic carbocycles. The predicted molar refractivity (Wildman–Crippen MR) is 131 cm³/mol. The number of carbonyl (C=O) groups is 1. The lowest BCUT2D eigenvalue weighted by Crippen LogP contribution is -2.33. The largest absolute Gasteiger partial charge is 0.393 e. The minimum absolute atomic E-state index is 0.0288. The number of ketones is 1. The highest BCUT2D eigenvalue weighted by Crippen LogP contribution is 2.34. The number of thiophene rings is 1. The molecule has 1 aliphatic heterocycles. The smallest absolute Gasteiger partial charge is 0.333 e. The number of hydrogen-bond donors (Lipinski definition) is 2. The number of hydrogen-bond acceptors (Lipinski definition) is 10. The fourth-order valence-electron chi connectivity index (χ4n) is 5.05. The van der Waals surface area contributed by atoms with Gasteiger partial charge in [0.15, 0.2) is 0 Å². The van der Waals surface area contributed by atoms with E-state index in [4.69, 9.17) is 5.14 Å². The number of aliphatic hydroxyl groups is 1. The summed E-state index contributed by atoms with van der Waals surface area (Å²) >= 11 is 1.41. The molecule has 0 spiro atoms. The van der Waals surface area contributed by atoms with Crippen LogP contribution >= 0.6 is 11.3 Å². The van der Waals surface area contributed by atoms with Gasteiger partial charge in [-0.15, -0.1) is 11.3 Å². The van der Waals surface area contributed by atoms with Crippen molar-refractivity contribution >= 4 is 27.4 Å². The van der Waals surface area contributed by atoms with Crippen molar-refractivity contribution < 1.29 is 22.5 Å². The van der Waals surface area contributed by atoms with Gasteiger partial charge in [-0.3, -0.25) is 13.9 Å². The number of nitrogens with two attached hydrogens (primary N) is 1. The molecule has 4 heterocycles. The van der Waals surface area contributed by atoms with Crippen LogP contribution in [0.5, 0.6) is 0 Å². The molecule has 36 heavy (non-hydrogen) atoms. The van der Waals surface area contributed by atoms with Gasteiger partial charge in [0.2, 0.25) is 5.78 Å². The van der Waals surface area contributed by atoms with Gasteiger partial charge in [-0.25, -0.2) is 20.1 Å². The van der Waals surface area contributed by atoms with Gasteiger partial charge in [0.05, 0.1) is 35.4 Å². The number of imidazole rings is 1. The summed E-state index contributed by atoms with van der Waals surface area (Å²) in [6.07, 6.45) is 7.57. The van der Waals surface area contributed by atoms with Crippen molar-refractivity contribution in [3.8, 4) is 0 Å². The van der Waals surface area contributed by atoms with Gasteiger partial charge in [0.1, 0.15) is 12.2 Å². The van der Waals surface area contributed by atoms with Crippen LogP contribution in [0, 0.1) is 11.8 Å². The van der Waals surface area contributed by atoms with Crippen LogP contribution in [0.2, 0.25) is 0 Å². The maximum Gasteiger partial charge on any atom is 0.333 e. The lowest BCUT2D eigenvalue weighted by Gasteiger charge is -2.27. The Bertz CT molecular complexity index is 1340. The third kappa shape index (κ3) is 5.88. The molecule has 3 aromatic heterocycles. The zero-order valence-corrected chi connectivity index (χ0v) is 21.2. The number of aromatic nitrogens is 4. The first kappa shape index (κ1) is 25.1. The van der Waals surface area contributed by atoms with Crippen LogP contribution in [0.25, 0.3) is 0 Å². The van der Waals surface area contributed by atoms with Crippen LogP contribution in [-0.2, 0) is 40.5 Å². The van der Waals surface area contributed by atoms with Gasteiger partial charge in [-0.05, 0) is 42.2 Å². The highest BCUT2D eigenvalue weighted by atomic mass is 32.2. The summed E-state index contributed by atoms with van der Waals surface area (Å²) in [7, 11) is -4.06. The van der Waals surface area contributed by atoms with E-state index in [0.717, 1.165) is 37.6 Å². The molecule has 0 bridgehead atoms. The number of carbonyl (C=O) groups excluding carboxylic acids is 1. The van der Waals surface area contributed by atoms with Crippen LogP contribution in [0.3, 0.4) is 0 Å². The monoisotopic (exact) mass is 532 g/mol. The third-order valence-electron chi connectivity index (χ3n) is 6.83. The normalized spacial score (nSPS) is 22.6. The van der Waals surface area contributed by atoms with Crippen molar-refractivity contribution in [2.45, 2.75) is 45.0 Å². The first-order valence-corrected chi connectivity index (χ1v) is 14.1. The van der Waals surface area contributed by atoms with Gasteiger partial charge >= 0.3 is 10.3 Å². The van der Waals surface area contributed by atoms with Crippen molar-refractivity contribution in [1.82, 2.24) is 24.4 Å². The van der Waals surface area contributed by atoms with Gasteiger partial charge in [-0.1, -0.05) is 0 Å². The molecule has 0 amide bonds. The molecule has 1 fully saturated rings. The van der Waals surface area contributed by atoms with Crippen LogP contribution in [-0.4, -0.2) is 63.0 Å². The Morgan fingerprint density at radius 1 is 1.28 bits per heavy atom. The van der Waals surface area contributed by atoms with Crippen molar-refractivity contribution in [3.63, 3.8) is 0 Å². The number of rotatable bonds is 9. The Morgan fingerprint density at radius 3 is 2.97 bits per heavy atom. The van der Waals surface area contributed by atoms with E-state index in [0.29, 0.717) is 35.4 Å². The quantitative estimate of drug-likeness (QED) is 0.386. The molecule has 0 aromatic carbocycles. The van der Waals surface area contributed by atoms with E-state index >= 15 is 0 Å². The van der Waals surface area contributed by atoms with Crippen LogP contribution in [0.1, 0.15) is 45.2 Å². The fourth-order valence-corrected chi connectivity index (χ4v) is 6.27. The molecule has 3 N–H and O–H groups in total. The molecule has 5 rings (SSSR count). The van der Waals surface area contributed by atoms with Crippen molar-refractivity contribution in [2.24, 2.45) is 17.0 Å². The summed E-state index contributed by atoms with van der Waals surface area (Å²) in [4.78, 5) is 29.2. The first-order chi connectivity index (χ1) is 17.2. The summed E-state index contributed by atoms with van der Waals surface area (Å²) < 4.78 is 29.0. The zero-order chi connectivity index (χ0) is 25.3. The molecule has 0 unspecified atom stereocenters. The second kappa shape index (κ2) is 10.4. The maximum absolute atomic E-state index is 13.4. The maximum atomic E-state index is 13.4. The van der Waals surface area contributed by atoms with E-state index in [1.54, 1.807) is 6.20 Å². The number of aliphatic hydroxyl groups excluding tert-OH is 1. The Hall–Kier alpha value is -2.55. The van der Waals surface area contributed by atoms with E-state index in [2.05, 4.69) is 28.6 Å². The van der Waals surface area contributed by atoms with E-state index in [1.165, 1.54) is 17.7 Å². The number of nitrogens with zero attached hydrogens (tertiary/aromatic N) is 5. The van der Waals surface area contributed by atoms with Gasteiger partial charge in [-0.2, -0.15) is 8.42 Å². The first-order valence-electron chi connectivity index (χ1n) is 11.7. The molecule has 1 saturated carbocycles. The zero-order valence-electron chi connectivity index (χ0n) is 19.6. The Morgan fingerprint density at radius 2 is 2.14 bits per heavy atom. The predicted octanol–water partition coefficient (Wildman–Crippen LogP) is 1.13. The van der Waals surface area contributed by atoms with Crippen molar-refractivity contribution in [1.29, 1.82) is 0 Å². The van der Waals surface area contributed by atoms with E-state index in [9.17, 15) is 18.3 Å². The summed E-state index contributed by atoms with van der Waals surface area (Å²) in [5.74, 6) is 0.612. The van der Waals surface area contributed by atoms with Crippen molar-refractivity contribution in [3.05, 3.63) is 63.9 Å². The Balaban J connectivity index is 1.23. The molecule has 0 radical (unpaired) electrons.